The summed E-state index contributed by atoms with van der Waals surface area (Å²) >= 11 is 0. The van der Waals surface area contributed by atoms with Crippen molar-refractivity contribution in [1.82, 2.24) is 4.90 Å². The van der Waals surface area contributed by atoms with Crippen LogP contribution in [0.2, 0.25) is 0 Å². The van der Waals surface area contributed by atoms with E-state index in [0.717, 1.165) is 31.5 Å². The normalized spacial score (nSPS) is 18.5. The Hall–Kier alpha value is -0.730. The number of nitrogens with zero attached hydrogens (tertiary/aromatic N) is 2. The minimum absolute atomic E-state index is 0.774. The maximum absolute atomic E-state index is 6.04. The van der Waals surface area contributed by atoms with Crippen LogP contribution >= 0.6 is 0 Å². The van der Waals surface area contributed by atoms with Crippen molar-refractivity contribution in [2.24, 2.45) is 16.6 Å². The molecule has 0 atom stereocenters. The Morgan fingerprint density at radius 3 is 2.35 bits per heavy atom. The molecule has 3 heteroatoms. The van der Waals surface area contributed by atoms with E-state index >= 15 is 0 Å². The third-order valence-corrected chi connectivity index (χ3v) is 3.39. The van der Waals surface area contributed by atoms with E-state index in [-0.39, 0.29) is 0 Å². The molecule has 1 rings (SSSR count). The van der Waals surface area contributed by atoms with Gasteiger partial charge in [0.1, 0.15) is 0 Å². The number of guanidine groups is 1. The van der Waals surface area contributed by atoms with E-state index in [1.54, 1.807) is 0 Å². The number of rotatable bonds is 5. The molecule has 0 amide bonds. The van der Waals surface area contributed by atoms with Crippen LogP contribution in [-0.2, 0) is 0 Å². The van der Waals surface area contributed by atoms with Gasteiger partial charge in [0.05, 0.1) is 0 Å². The SMILES string of the molecule is CC(C)CCCCN=C(N)N1CCCCCC1. The second kappa shape index (κ2) is 8.37. The lowest BCUT2D eigenvalue weighted by atomic mass is 10.1. The summed E-state index contributed by atoms with van der Waals surface area (Å²) < 4.78 is 0. The van der Waals surface area contributed by atoms with E-state index in [4.69, 9.17) is 5.73 Å². The van der Waals surface area contributed by atoms with Crippen LogP contribution < -0.4 is 5.73 Å². The zero-order valence-corrected chi connectivity index (χ0v) is 11.6. The number of likely N-dealkylation sites (tertiary alicyclic amines) is 1. The number of hydrogen-bond donors (Lipinski definition) is 1. The topological polar surface area (TPSA) is 41.6 Å². The molecule has 0 aromatic heterocycles. The van der Waals surface area contributed by atoms with Gasteiger partial charge in [-0.25, -0.2) is 0 Å². The fraction of sp³-hybridized carbons (Fsp3) is 0.929. The van der Waals surface area contributed by atoms with Gasteiger partial charge < -0.3 is 10.6 Å². The van der Waals surface area contributed by atoms with Gasteiger partial charge in [-0.2, -0.15) is 0 Å². The van der Waals surface area contributed by atoms with Gasteiger partial charge in [-0.15, -0.1) is 0 Å². The van der Waals surface area contributed by atoms with Crippen molar-refractivity contribution in [2.45, 2.75) is 58.8 Å². The Labute approximate surface area is 106 Å². The third kappa shape index (κ3) is 6.54. The summed E-state index contributed by atoms with van der Waals surface area (Å²) in [6.07, 6.45) is 8.98. The number of hydrogen-bond acceptors (Lipinski definition) is 1. The minimum atomic E-state index is 0.774. The molecule has 17 heavy (non-hydrogen) atoms. The molecule has 1 fully saturated rings. The van der Waals surface area contributed by atoms with Crippen LogP contribution in [0.25, 0.3) is 0 Å². The average molecular weight is 239 g/mol. The smallest absolute Gasteiger partial charge is 0.191 e. The van der Waals surface area contributed by atoms with Gasteiger partial charge in [0.2, 0.25) is 0 Å². The Morgan fingerprint density at radius 1 is 1.12 bits per heavy atom. The van der Waals surface area contributed by atoms with Crippen molar-refractivity contribution in [1.29, 1.82) is 0 Å². The van der Waals surface area contributed by atoms with Crippen LogP contribution in [-0.4, -0.2) is 30.5 Å². The fourth-order valence-corrected chi connectivity index (χ4v) is 2.26. The van der Waals surface area contributed by atoms with E-state index in [1.165, 1.54) is 44.9 Å². The summed E-state index contributed by atoms with van der Waals surface area (Å²) in [7, 11) is 0. The van der Waals surface area contributed by atoms with Gasteiger partial charge >= 0.3 is 0 Å². The van der Waals surface area contributed by atoms with Crippen molar-refractivity contribution in [3.63, 3.8) is 0 Å². The van der Waals surface area contributed by atoms with Crippen molar-refractivity contribution < 1.29 is 0 Å². The van der Waals surface area contributed by atoms with Gasteiger partial charge in [-0.05, 0) is 25.2 Å². The molecule has 0 aromatic carbocycles. The lowest BCUT2D eigenvalue weighted by Crippen LogP contribution is -2.38. The summed E-state index contributed by atoms with van der Waals surface area (Å²) in [6.45, 7) is 7.64. The Kier molecular flexibility index (Phi) is 7.06. The second-order valence-electron chi connectivity index (χ2n) is 5.53. The maximum Gasteiger partial charge on any atom is 0.191 e. The molecule has 0 aliphatic carbocycles. The molecular formula is C14H29N3. The highest BCUT2D eigenvalue weighted by Crippen LogP contribution is 2.09. The minimum Gasteiger partial charge on any atom is -0.370 e. The Balaban J connectivity index is 2.18. The first-order chi connectivity index (χ1) is 8.20. The molecular weight excluding hydrogens is 210 g/mol. The standard InChI is InChI=1S/C14H29N3/c1-13(2)9-5-6-10-16-14(15)17-11-7-3-4-8-12-17/h13H,3-12H2,1-2H3,(H2,15,16). The first-order valence-electron chi connectivity index (χ1n) is 7.25. The van der Waals surface area contributed by atoms with Crippen LogP contribution in [0.15, 0.2) is 4.99 Å². The molecule has 0 saturated carbocycles. The predicted octanol–water partition coefficient (Wildman–Crippen LogP) is 3.00. The lowest BCUT2D eigenvalue weighted by Gasteiger charge is -2.21. The molecule has 100 valence electrons. The third-order valence-electron chi connectivity index (χ3n) is 3.39. The highest BCUT2D eigenvalue weighted by Gasteiger charge is 2.10. The monoisotopic (exact) mass is 239 g/mol. The van der Waals surface area contributed by atoms with Crippen LogP contribution in [0, 0.1) is 5.92 Å². The van der Waals surface area contributed by atoms with Gasteiger partial charge in [-0.3, -0.25) is 4.99 Å². The number of aliphatic imine (C=N–C) groups is 1. The lowest BCUT2D eigenvalue weighted by molar-refractivity contribution is 0.428. The van der Waals surface area contributed by atoms with E-state index in [9.17, 15) is 0 Å². The molecule has 0 radical (unpaired) electrons. The molecule has 1 aliphatic heterocycles. The summed E-state index contributed by atoms with van der Waals surface area (Å²) in [5, 5.41) is 0. The van der Waals surface area contributed by atoms with Gasteiger partial charge in [0, 0.05) is 19.6 Å². The first kappa shape index (κ1) is 14.3. The average Bonchev–Trinajstić information content (AvgIpc) is 2.56. The summed E-state index contributed by atoms with van der Waals surface area (Å²) in [4.78, 5) is 6.77. The second-order valence-corrected chi connectivity index (χ2v) is 5.53. The van der Waals surface area contributed by atoms with Gasteiger partial charge in [0.25, 0.3) is 0 Å². The van der Waals surface area contributed by atoms with Crippen molar-refractivity contribution in [2.75, 3.05) is 19.6 Å². The van der Waals surface area contributed by atoms with Gasteiger partial charge in [0.15, 0.2) is 5.96 Å². The molecule has 0 bridgehead atoms. The highest BCUT2D eigenvalue weighted by molar-refractivity contribution is 5.78. The molecule has 2 N–H and O–H groups in total. The molecule has 0 spiro atoms. The van der Waals surface area contributed by atoms with E-state index in [0.29, 0.717) is 0 Å². The summed E-state index contributed by atoms with van der Waals surface area (Å²) in [6, 6.07) is 0. The molecule has 1 saturated heterocycles. The molecule has 3 nitrogen and oxygen atoms in total. The van der Waals surface area contributed by atoms with Crippen LogP contribution in [0.4, 0.5) is 0 Å². The van der Waals surface area contributed by atoms with Crippen molar-refractivity contribution in [3.05, 3.63) is 0 Å². The van der Waals surface area contributed by atoms with Crippen LogP contribution in [0.3, 0.4) is 0 Å². The summed E-state index contributed by atoms with van der Waals surface area (Å²) in [5.41, 5.74) is 6.04. The Bertz CT molecular complexity index is 216. The van der Waals surface area contributed by atoms with Crippen molar-refractivity contribution >= 4 is 5.96 Å². The zero-order valence-electron chi connectivity index (χ0n) is 11.6. The molecule has 1 heterocycles. The van der Waals surface area contributed by atoms with E-state index in [2.05, 4.69) is 23.7 Å². The van der Waals surface area contributed by atoms with Gasteiger partial charge in [-0.1, -0.05) is 39.5 Å². The first-order valence-corrected chi connectivity index (χ1v) is 7.25. The zero-order chi connectivity index (χ0) is 12.5. The van der Waals surface area contributed by atoms with E-state index in [1.807, 2.05) is 0 Å². The fourth-order valence-electron chi connectivity index (χ4n) is 2.26. The van der Waals surface area contributed by atoms with Crippen molar-refractivity contribution in [3.8, 4) is 0 Å². The predicted molar refractivity (Wildman–Crippen MR) is 75.2 cm³/mol. The number of nitrogens with two attached hydrogens (primary N) is 1. The maximum atomic E-state index is 6.04. The van der Waals surface area contributed by atoms with Crippen LogP contribution in [0.1, 0.15) is 58.8 Å². The summed E-state index contributed by atoms with van der Waals surface area (Å²) in [5.74, 6) is 1.58. The quantitative estimate of drug-likeness (QED) is 0.455. The molecule has 1 aliphatic rings. The highest BCUT2D eigenvalue weighted by atomic mass is 15.2. The van der Waals surface area contributed by atoms with Crippen LogP contribution in [0.5, 0.6) is 0 Å². The van der Waals surface area contributed by atoms with E-state index < -0.39 is 0 Å². The largest absolute Gasteiger partial charge is 0.370 e. The number of unbranched alkanes of at least 4 members (excludes halogenated alkanes) is 1. The molecule has 0 aromatic rings. The Morgan fingerprint density at radius 2 is 1.76 bits per heavy atom. The molecule has 0 unspecified atom stereocenters.